The number of pyridine rings is 1. The van der Waals surface area contributed by atoms with Gasteiger partial charge in [0.2, 0.25) is 11.8 Å². The largest absolute Gasteiger partial charge is 0.469 e. The Labute approximate surface area is 257 Å². The van der Waals surface area contributed by atoms with Gasteiger partial charge in [0.05, 0.1) is 19.4 Å². The highest BCUT2D eigenvalue weighted by molar-refractivity contribution is 5.91. The van der Waals surface area contributed by atoms with Gasteiger partial charge in [-0.05, 0) is 43.4 Å². The van der Waals surface area contributed by atoms with Gasteiger partial charge < -0.3 is 20.1 Å². The van der Waals surface area contributed by atoms with Crippen LogP contribution >= 0.6 is 0 Å². The van der Waals surface area contributed by atoms with Crippen molar-refractivity contribution in [1.29, 1.82) is 0 Å². The molecule has 3 aromatic heterocycles. The summed E-state index contributed by atoms with van der Waals surface area (Å²) in [6.07, 6.45) is 3.54. The third-order valence-corrected chi connectivity index (χ3v) is 7.88. The molecule has 0 atom stereocenters. The Balaban J connectivity index is 1.15. The average Bonchev–Trinajstić information content (AvgIpc) is 3.45. The van der Waals surface area contributed by atoms with Crippen LogP contribution in [0.15, 0.2) is 67.3 Å². The number of aryl methyl sites for hydroxylation is 1. The van der Waals surface area contributed by atoms with Gasteiger partial charge in [-0.25, -0.2) is 14.8 Å². The zero-order chi connectivity index (χ0) is 31.4. The van der Waals surface area contributed by atoms with Crippen LogP contribution in [0.2, 0.25) is 0 Å². The number of hydrogen-bond acceptors (Lipinski definition) is 8. The molecule has 0 spiro atoms. The molecular formula is C31H33F3N8O3. The quantitative estimate of drug-likeness (QED) is 0.261. The van der Waals surface area contributed by atoms with E-state index in [-0.39, 0.29) is 37.3 Å². The van der Waals surface area contributed by atoms with E-state index >= 15 is 0 Å². The van der Waals surface area contributed by atoms with Crippen molar-refractivity contribution in [2.45, 2.75) is 56.6 Å². The lowest BCUT2D eigenvalue weighted by molar-refractivity contribution is -0.142. The van der Waals surface area contributed by atoms with E-state index in [1.807, 2.05) is 55.7 Å². The van der Waals surface area contributed by atoms with Crippen LogP contribution in [0.4, 0.5) is 29.7 Å². The Hall–Kier alpha value is -4.72. The smallest absolute Gasteiger partial charge is 0.423 e. The van der Waals surface area contributed by atoms with Gasteiger partial charge in [-0.15, -0.1) is 0 Å². The van der Waals surface area contributed by atoms with Gasteiger partial charge in [0, 0.05) is 55.4 Å². The van der Waals surface area contributed by atoms with E-state index in [0.29, 0.717) is 38.0 Å². The van der Waals surface area contributed by atoms with E-state index in [1.54, 1.807) is 22.0 Å². The van der Waals surface area contributed by atoms with Gasteiger partial charge in [0.1, 0.15) is 17.5 Å². The number of ether oxygens (including phenoxy) is 2. The van der Waals surface area contributed by atoms with Gasteiger partial charge in [0.15, 0.2) is 0 Å². The van der Waals surface area contributed by atoms with Crippen molar-refractivity contribution in [1.82, 2.24) is 30.0 Å². The number of benzene rings is 1. The van der Waals surface area contributed by atoms with Crippen molar-refractivity contribution in [2.24, 2.45) is 7.05 Å². The van der Waals surface area contributed by atoms with E-state index in [0.717, 1.165) is 22.9 Å². The summed E-state index contributed by atoms with van der Waals surface area (Å²) in [5.41, 5.74) is 1.75. The first-order valence-corrected chi connectivity index (χ1v) is 14.7. The Morgan fingerprint density at radius 3 is 2.42 bits per heavy atom. The maximum Gasteiger partial charge on any atom is 0.423 e. The van der Waals surface area contributed by atoms with Crippen LogP contribution in [0, 0.1) is 0 Å². The van der Waals surface area contributed by atoms with Crippen molar-refractivity contribution < 1.29 is 27.4 Å². The molecule has 0 bridgehead atoms. The van der Waals surface area contributed by atoms with E-state index in [9.17, 15) is 18.0 Å². The zero-order valence-corrected chi connectivity index (χ0v) is 24.6. The van der Waals surface area contributed by atoms with Gasteiger partial charge in [0.25, 0.3) is 0 Å². The second-order valence-corrected chi connectivity index (χ2v) is 11.2. The number of nitrogens with zero attached hydrogens (tertiary/aromatic N) is 6. The SMILES string of the molecule is Cn1cc(-c2ccc(N(C(=O)NCc3ccccc3)[C@H]3CC[C@H](Nc4ncc(C(F)(F)F)c(OC5COC5)n4)CC3)nc2)cn1. The molecule has 4 heterocycles. The van der Waals surface area contributed by atoms with Crippen LogP contribution < -0.4 is 20.3 Å². The number of nitrogens with one attached hydrogen (secondary N) is 2. The first-order valence-electron chi connectivity index (χ1n) is 14.7. The van der Waals surface area contributed by atoms with Crippen molar-refractivity contribution >= 4 is 17.8 Å². The first kappa shape index (κ1) is 30.3. The molecule has 1 saturated carbocycles. The van der Waals surface area contributed by atoms with Crippen molar-refractivity contribution in [3.05, 3.63) is 78.4 Å². The molecule has 236 valence electrons. The number of carbonyl (C=O) groups is 1. The van der Waals surface area contributed by atoms with Crippen LogP contribution in [0.5, 0.6) is 5.88 Å². The van der Waals surface area contributed by atoms with Gasteiger partial charge >= 0.3 is 12.2 Å². The van der Waals surface area contributed by atoms with Crippen LogP contribution in [-0.4, -0.2) is 62.2 Å². The lowest BCUT2D eigenvalue weighted by atomic mass is 9.90. The first-order chi connectivity index (χ1) is 21.7. The number of amides is 2. The number of aromatic nitrogens is 5. The number of anilines is 2. The highest BCUT2D eigenvalue weighted by atomic mass is 19.4. The summed E-state index contributed by atoms with van der Waals surface area (Å²) in [6.45, 7) is 0.790. The molecule has 0 radical (unpaired) electrons. The molecule has 6 rings (SSSR count). The number of alkyl halides is 3. The molecule has 45 heavy (non-hydrogen) atoms. The number of carbonyl (C=O) groups excluding carboxylic acids is 1. The van der Waals surface area contributed by atoms with Gasteiger partial charge in [-0.3, -0.25) is 9.58 Å². The molecule has 4 aromatic rings. The predicted molar refractivity (Wildman–Crippen MR) is 160 cm³/mol. The molecule has 1 saturated heterocycles. The summed E-state index contributed by atoms with van der Waals surface area (Å²) in [5.74, 6) is 0.0771. The Bertz CT molecular complexity index is 1590. The predicted octanol–water partition coefficient (Wildman–Crippen LogP) is 5.21. The number of rotatable bonds is 9. The minimum Gasteiger partial charge on any atom is -0.469 e. The van der Waals surface area contributed by atoms with Crippen LogP contribution in [0.1, 0.15) is 36.8 Å². The summed E-state index contributed by atoms with van der Waals surface area (Å²) >= 11 is 0. The fourth-order valence-electron chi connectivity index (χ4n) is 5.41. The van der Waals surface area contributed by atoms with Crippen LogP contribution in [0.3, 0.4) is 0 Å². The summed E-state index contributed by atoms with van der Waals surface area (Å²) in [6, 6.07) is 12.9. The molecule has 2 aliphatic rings. The number of hydrogen-bond donors (Lipinski definition) is 2. The van der Waals surface area contributed by atoms with Crippen LogP contribution in [-0.2, 0) is 24.5 Å². The van der Waals surface area contributed by atoms with Crippen molar-refractivity contribution in [3.8, 4) is 17.0 Å². The van der Waals surface area contributed by atoms with E-state index in [2.05, 4.69) is 30.7 Å². The topological polar surface area (TPSA) is 119 Å². The average molecular weight is 623 g/mol. The molecule has 2 amide bonds. The van der Waals surface area contributed by atoms with E-state index in [1.165, 1.54) is 0 Å². The molecule has 14 heteroatoms. The number of halogens is 3. The zero-order valence-electron chi connectivity index (χ0n) is 24.6. The van der Waals surface area contributed by atoms with Gasteiger partial charge in [-0.2, -0.15) is 23.3 Å². The lowest BCUT2D eigenvalue weighted by Crippen LogP contribution is -2.49. The highest BCUT2D eigenvalue weighted by Gasteiger charge is 2.38. The van der Waals surface area contributed by atoms with Crippen LogP contribution in [0.25, 0.3) is 11.1 Å². The monoisotopic (exact) mass is 622 g/mol. The molecule has 1 aromatic carbocycles. The van der Waals surface area contributed by atoms with E-state index < -0.39 is 23.7 Å². The summed E-state index contributed by atoms with van der Waals surface area (Å²) in [4.78, 5) is 28.0. The number of urea groups is 1. The third-order valence-electron chi connectivity index (χ3n) is 7.88. The fourth-order valence-corrected chi connectivity index (χ4v) is 5.41. The molecule has 1 aliphatic carbocycles. The minimum atomic E-state index is -4.65. The summed E-state index contributed by atoms with van der Waals surface area (Å²) in [7, 11) is 1.84. The lowest BCUT2D eigenvalue weighted by Gasteiger charge is -2.36. The van der Waals surface area contributed by atoms with Gasteiger partial charge in [-0.1, -0.05) is 30.3 Å². The minimum absolute atomic E-state index is 0.0619. The highest BCUT2D eigenvalue weighted by Crippen LogP contribution is 2.36. The molecule has 1 aliphatic heterocycles. The molecule has 2 fully saturated rings. The molecule has 11 nitrogen and oxygen atoms in total. The Morgan fingerprint density at radius 2 is 1.80 bits per heavy atom. The molecule has 0 unspecified atom stereocenters. The molecule has 2 N–H and O–H groups in total. The maximum absolute atomic E-state index is 13.6. The van der Waals surface area contributed by atoms with Crippen molar-refractivity contribution in [3.63, 3.8) is 0 Å². The van der Waals surface area contributed by atoms with Crippen molar-refractivity contribution in [2.75, 3.05) is 23.4 Å². The second kappa shape index (κ2) is 13.1. The third kappa shape index (κ3) is 7.33. The summed E-state index contributed by atoms with van der Waals surface area (Å²) in [5, 5.41) is 10.4. The maximum atomic E-state index is 13.6. The normalized spacial score (nSPS) is 18.6. The standard InChI is InChI=1S/C31H33F3N8O3/c1-41-17-22(15-38-41)21-7-12-27(35-14-21)42(30(43)37-13-20-5-3-2-4-6-20)24-10-8-23(9-11-24)39-29-36-16-26(31(32,33)34)28(40-29)45-25-18-44-19-25/h2-7,12,14-17,23-25H,8-11,13,18-19H2,1H3,(H,37,43)(H,36,39,40)/t23-,24-. The Kier molecular flexibility index (Phi) is 8.83. The van der Waals surface area contributed by atoms with E-state index in [4.69, 9.17) is 9.47 Å². The summed E-state index contributed by atoms with van der Waals surface area (Å²) < 4.78 is 52.8. The Morgan fingerprint density at radius 1 is 1.02 bits per heavy atom. The second-order valence-electron chi connectivity index (χ2n) is 11.2. The molecular weight excluding hydrogens is 589 g/mol. The fraction of sp³-hybridized carbons (Fsp3) is 0.387.